The SMILES string of the molecule is C=CC(C)=N.C=CN=C. The average molecular weight is 124 g/mol. The molecule has 0 amide bonds. The van der Waals surface area contributed by atoms with Crippen molar-refractivity contribution in [2.24, 2.45) is 4.99 Å². The fraction of sp³-hybridized carbons (Fsp3) is 0.143. The van der Waals surface area contributed by atoms with E-state index in [4.69, 9.17) is 5.41 Å². The van der Waals surface area contributed by atoms with Gasteiger partial charge >= 0.3 is 0 Å². The van der Waals surface area contributed by atoms with Gasteiger partial charge in [-0.15, -0.1) is 0 Å². The molecule has 0 aliphatic carbocycles. The van der Waals surface area contributed by atoms with Crippen LogP contribution in [-0.4, -0.2) is 12.4 Å². The van der Waals surface area contributed by atoms with Gasteiger partial charge in [0.15, 0.2) is 0 Å². The highest BCUT2D eigenvalue weighted by Gasteiger charge is 1.62. The lowest BCUT2D eigenvalue weighted by atomic mass is 10.4. The summed E-state index contributed by atoms with van der Waals surface area (Å²) in [7, 11) is 0. The maximum Gasteiger partial charge on any atom is 0.0277 e. The third-order valence-corrected chi connectivity index (χ3v) is 0.435. The van der Waals surface area contributed by atoms with Gasteiger partial charge in [-0.25, -0.2) is 0 Å². The quantitative estimate of drug-likeness (QED) is 0.547. The molecule has 0 spiro atoms. The van der Waals surface area contributed by atoms with E-state index in [0.29, 0.717) is 5.71 Å². The summed E-state index contributed by atoms with van der Waals surface area (Å²) in [6.07, 6.45) is 2.89. The number of hydrogen-bond acceptors (Lipinski definition) is 2. The summed E-state index contributed by atoms with van der Waals surface area (Å²) < 4.78 is 0. The zero-order valence-corrected chi connectivity index (χ0v) is 5.72. The molecule has 0 radical (unpaired) electrons. The van der Waals surface area contributed by atoms with Crippen LogP contribution in [0.1, 0.15) is 6.92 Å². The highest BCUT2D eigenvalue weighted by Crippen LogP contribution is 1.62. The first-order valence-corrected chi connectivity index (χ1v) is 2.43. The third-order valence-electron chi connectivity index (χ3n) is 0.435. The van der Waals surface area contributed by atoms with Crippen LogP contribution < -0.4 is 0 Å². The van der Waals surface area contributed by atoms with E-state index in [9.17, 15) is 0 Å². The average Bonchev–Trinajstić information content (AvgIpc) is 1.89. The Balaban J connectivity index is 0. The van der Waals surface area contributed by atoms with Crippen molar-refractivity contribution in [1.82, 2.24) is 0 Å². The molecule has 50 valence electrons. The molecular weight excluding hydrogens is 112 g/mol. The second-order valence-electron chi connectivity index (χ2n) is 1.25. The van der Waals surface area contributed by atoms with Gasteiger partial charge in [0.2, 0.25) is 0 Å². The Morgan fingerprint density at radius 3 is 1.78 bits per heavy atom. The molecule has 0 unspecified atom stereocenters. The molecule has 0 heterocycles. The van der Waals surface area contributed by atoms with Crippen LogP contribution in [-0.2, 0) is 0 Å². The van der Waals surface area contributed by atoms with Gasteiger partial charge in [0.25, 0.3) is 0 Å². The summed E-state index contributed by atoms with van der Waals surface area (Å²) in [5.41, 5.74) is 0.519. The van der Waals surface area contributed by atoms with Crippen LogP contribution in [0.3, 0.4) is 0 Å². The van der Waals surface area contributed by atoms with Crippen molar-refractivity contribution in [3.63, 3.8) is 0 Å². The molecule has 1 N–H and O–H groups in total. The first-order valence-electron chi connectivity index (χ1n) is 2.43. The molecule has 2 nitrogen and oxygen atoms in total. The Kier molecular flexibility index (Phi) is 11.9. The number of nitrogens with zero attached hydrogens (tertiary/aromatic N) is 1. The van der Waals surface area contributed by atoms with Crippen molar-refractivity contribution in [2.45, 2.75) is 6.92 Å². The van der Waals surface area contributed by atoms with Crippen molar-refractivity contribution in [1.29, 1.82) is 5.41 Å². The van der Waals surface area contributed by atoms with E-state index in [1.165, 1.54) is 12.3 Å². The second kappa shape index (κ2) is 9.94. The molecule has 9 heavy (non-hydrogen) atoms. The predicted octanol–water partition coefficient (Wildman–Crippen LogP) is 2.04. The van der Waals surface area contributed by atoms with E-state index in [-0.39, 0.29) is 0 Å². The van der Waals surface area contributed by atoms with Gasteiger partial charge in [-0.05, 0) is 19.7 Å². The third kappa shape index (κ3) is 47.8. The van der Waals surface area contributed by atoms with Crippen LogP contribution in [0.15, 0.2) is 30.4 Å². The molecule has 0 aromatic carbocycles. The minimum Gasteiger partial charge on any atom is -0.306 e. The molecule has 0 saturated heterocycles. The van der Waals surface area contributed by atoms with Gasteiger partial charge < -0.3 is 5.41 Å². The normalized spacial score (nSPS) is 5.89. The van der Waals surface area contributed by atoms with Crippen molar-refractivity contribution in [3.8, 4) is 0 Å². The largest absolute Gasteiger partial charge is 0.306 e. The van der Waals surface area contributed by atoms with Crippen LogP contribution in [0.4, 0.5) is 0 Å². The summed E-state index contributed by atoms with van der Waals surface area (Å²) in [5.74, 6) is 0. The molecule has 0 rings (SSSR count). The van der Waals surface area contributed by atoms with Gasteiger partial charge in [0, 0.05) is 11.9 Å². The number of nitrogens with one attached hydrogen (secondary N) is 1. The van der Waals surface area contributed by atoms with Gasteiger partial charge in [-0.1, -0.05) is 13.2 Å². The van der Waals surface area contributed by atoms with Crippen LogP contribution in [0.2, 0.25) is 0 Å². The molecule has 0 aromatic rings. The Morgan fingerprint density at radius 2 is 1.78 bits per heavy atom. The van der Waals surface area contributed by atoms with E-state index in [2.05, 4.69) is 24.9 Å². The molecule has 0 aliphatic heterocycles. The zero-order chi connectivity index (χ0) is 7.70. The number of hydrogen-bond donors (Lipinski definition) is 1. The van der Waals surface area contributed by atoms with E-state index in [1.54, 1.807) is 6.92 Å². The minimum absolute atomic E-state index is 0.519. The number of rotatable bonds is 2. The highest BCUT2D eigenvalue weighted by molar-refractivity contribution is 5.89. The van der Waals surface area contributed by atoms with Crippen LogP contribution in [0.25, 0.3) is 0 Å². The number of allylic oxidation sites excluding steroid dienone is 1. The maximum atomic E-state index is 6.62. The second-order valence-corrected chi connectivity index (χ2v) is 1.25. The Labute approximate surface area is 56.1 Å². The molecule has 0 atom stereocenters. The monoisotopic (exact) mass is 124 g/mol. The van der Waals surface area contributed by atoms with E-state index < -0.39 is 0 Å². The smallest absolute Gasteiger partial charge is 0.0277 e. The molecule has 0 aromatic heterocycles. The summed E-state index contributed by atoms with van der Waals surface area (Å²) in [5, 5.41) is 6.62. The lowest BCUT2D eigenvalue weighted by Crippen LogP contribution is -1.72. The lowest BCUT2D eigenvalue weighted by Gasteiger charge is -1.69. The Morgan fingerprint density at radius 1 is 1.56 bits per heavy atom. The zero-order valence-electron chi connectivity index (χ0n) is 5.72. The summed E-state index contributed by atoms with van der Waals surface area (Å²) in [6.45, 7) is 11.4. The maximum absolute atomic E-state index is 6.62. The first kappa shape index (κ1) is 10.7. The standard InChI is InChI=1S/C4H7N.C3H5N/c1-3-4(2)5;1-3-4-2/h3,5H,1H2,2H3;3H,1-2H2. The van der Waals surface area contributed by atoms with Crippen LogP contribution in [0.5, 0.6) is 0 Å². The van der Waals surface area contributed by atoms with Gasteiger partial charge in [-0.2, -0.15) is 0 Å². The minimum atomic E-state index is 0.519. The molecule has 0 bridgehead atoms. The first-order chi connectivity index (χ1) is 4.18. The van der Waals surface area contributed by atoms with Gasteiger partial charge in [0.05, 0.1) is 0 Å². The molecule has 0 fully saturated rings. The topological polar surface area (TPSA) is 36.2 Å². The highest BCUT2D eigenvalue weighted by atomic mass is 14.6. The predicted molar refractivity (Wildman–Crippen MR) is 43.3 cm³/mol. The van der Waals surface area contributed by atoms with E-state index >= 15 is 0 Å². The fourth-order valence-electron chi connectivity index (χ4n) is 0. The van der Waals surface area contributed by atoms with Crippen LogP contribution >= 0.6 is 0 Å². The summed E-state index contributed by atoms with van der Waals surface area (Å²) >= 11 is 0. The van der Waals surface area contributed by atoms with Crippen molar-refractivity contribution >= 4 is 12.4 Å². The lowest BCUT2D eigenvalue weighted by molar-refractivity contribution is 1.50. The van der Waals surface area contributed by atoms with Crippen LogP contribution in [0, 0.1) is 5.41 Å². The van der Waals surface area contributed by atoms with Gasteiger partial charge in [-0.3, -0.25) is 4.99 Å². The summed E-state index contributed by atoms with van der Waals surface area (Å²) in [6, 6.07) is 0. The summed E-state index contributed by atoms with van der Waals surface area (Å²) in [4.78, 5) is 3.25. The fourth-order valence-corrected chi connectivity index (χ4v) is 0. The Hall–Kier alpha value is -1.18. The van der Waals surface area contributed by atoms with Crippen molar-refractivity contribution < 1.29 is 0 Å². The molecular formula is C7H12N2. The van der Waals surface area contributed by atoms with E-state index in [0.717, 1.165) is 0 Å². The number of aliphatic imine (C=N–C) groups is 1. The van der Waals surface area contributed by atoms with Crippen molar-refractivity contribution in [3.05, 3.63) is 25.4 Å². The van der Waals surface area contributed by atoms with Gasteiger partial charge in [0.1, 0.15) is 0 Å². The van der Waals surface area contributed by atoms with Crippen molar-refractivity contribution in [2.75, 3.05) is 0 Å². The molecule has 0 aliphatic rings. The molecule has 0 saturated carbocycles. The molecule has 2 heteroatoms. The van der Waals surface area contributed by atoms with E-state index in [1.807, 2.05) is 0 Å². The Bertz CT molecular complexity index is 108.